The van der Waals surface area contributed by atoms with Crippen LogP contribution in [0, 0.1) is 24.1 Å². The molecule has 0 N–H and O–H groups in total. The number of halogens is 1. The van der Waals surface area contributed by atoms with Crippen LogP contribution in [-0.2, 0) is 0 Å². The van der Waals surface area contributed by atoms with Crippen LogP contribution in [0.15, 0.2) is 40.8 Å². The molecule has 1 aromatic carbocycles. The lowest BCUT2D eigenvalue weighted by molar-refractivity contribution is -2.00. The molecule has 0 fully saturated rings. The number of para-hydroxylation sites is 1. The summed E-state index contributed by atoms with van der Waals surface area (Å²) in [6.07, 6.45) is 0. The number of hydrogen-bond acceptors (Lipinski definition) is 6. The van der Waals surface area contributed by atoms with Crippen LogP contribution in [-0.4, -0.2) is 4.98 Å². The first-order chi connectivity index (χ1) is 10.2. The maximum Gasteiger partial charge on any atom is 0.327 e. The summed E-state index contributed by atoms with van der Waals surface area (Å²) >= 11 is 1.72. The van der Waals surface area contributed by atoms with Crippen LogP contribution in [0.3, 0.4) is 0 Å². The van der Waals surface area contributed by atoms with E-state index in [1.807, 2.05) is 44.2 Å². The van der Waals surface area contributed by atoms with Crippen molar-refractivity contribution in [3.63, 3.8) is 0 Å². The Labute approximate surface area is 132 Å². The van der Waals surface area contributed by atoms with Gasteiger partial charge in [0, 0.05) is 17.7 Å². The summed E-state index contributed by atoms with van der Waals surface area (Å²) in [4.78, 5) is 4.64. The number of benzene rings is 1. The Morgan fingerprint density at radius 1 is 1.00 bits per heavy atom. The lowest BCUT2D eigenvalue weighted by atomic mass is 10.2. The van der Waals surface area contributed by atoms with Gasteiger partial charge in [0.25, 0.3) is 0 Å². The zero-order valence-electron chi connectivity index (χ0n) is 11.7. The highest BCUT2D eigenvalue weighted by Crippen LogP contribution is 2.30. The molecule has 0 bridgehead atoms. The molecule has 0 aliphatic heterocycles. The maximum absolute atomic E-state index is 8.49. The Morgan fingerprint density at radius 3 is 2.09 bits per heavy atom. The molecule has 116 valence electrons. The van der Waals surface area contributed by atoms with E-state index in [0.29, 0.717) is 0 Å². The maximum atomic E-state index is 8.49. The monoisotopic (exact) mass is 341 g/mol. The minimum atomic E-state index is -4.94. The van der Waals surface area contributed by atoms with Gasteiger partial charge >= 0.3 is 11.5 Å². The van der Waals surface area contributed by atoms with Gasteiger partial charge in [0.05, 0.1) is 24.1 Å². The predicted octanol–water partition coefficient (Wildman–Crippen LogP) is -0.302. The summed E-state index contributed by atoms with van der Waals surface area (Å²) < 4.78 is 40.7. The highest BCUT2D eigenvalue weighted by Gasteiger charge is 2.12. The molecule has 0 unspecified atom stereocenters. The molecule has 0 spiro atoms. The Hall–Kier alpha value is -1.61. The standard InChI is InChI=1S/C14H12NOS.ClHO4/c1-9-7-11(8-10(2)16-9)14-15-12-5-3-4-6-13(12)17-14;2-1(3,4)5/h3-8H,1-2H3;(H,2,3,4,5)/q+1;/p-1. The highest BCUT2D eigenvalue weighted by molar-refractivity contribution is 7.21. The van der Waals surface area contributed by atoms with Crippen molar-refractivity contribution in [3.8, 4) is 10.6 Å². The molecule has 0 amide bonds. The first kappa shape index (κ1) is 16.8. The minimum absolute atomic E-state index is 0.916. The molecule has 0 atom stereocenters. The summed E-state index contributed by atoms with van der Waals surface area (Å²) in [7, 11) is -4.94. The van der Waals surface area contributed by atoms with E-state index < -0.39 is 10.2 Å². The molecule has 2 heterocycles. The van der Waals surface area contributed by atoms with Gasteiger partial charge in [0.2, 0.25) is 0 Å². The van der Waals surface area contributed by atoms with Crippen LogP contribution >= 0.6 is 11.3 Å². The van der Waals surface area contributed by atoms with Crippen LogP contribution in [0.4, 0.5) is 0 Å². The van der Waals surface area contributed by atoms with Crippen molar-refractivity contribution in [3.05, 3.63) is 47.9 Å². The van der Waals surface area contributed by atoms with Crippen molar-refractivity contribution in [2.75, 3.05) is 0 Å². The fourth-order valence-electron chi connectivity index (χ4n) is 1.91. The molecule has 2 aromatic heterocycles. The van der Waals surface area contributed by atoms with E-state index in [4.69, 9.17) is 23.1 Å². The minimum Gasteiger partial charge on any atom is -0.236 e. The van der Waals surface area contributed by atoms with Gasteiger partial charge in [0.1, 0.15) is 5.01 Å². The molecule has 22 heavy (non-hydrogen) atoms. The summed E-state index contributed by atoms with van der Waals surface area (Å²) in [5.74, 6) is 1.83. The van der Waals surface area contributed by atoms with Gasteiger partial charge in [-0.05, 0) is 12.1 Å². The van der Waals surface area contributed by atoms with Gasteiger partial charge in [-0.2, -0.15) is 0 Å². The molecule has 0 saturated carbocycles. The van der Waals surface area contributed by atoms with Crippen molar-refractivity contribution >= 4 is 21.6 Å². The third-order valence-electron chi connectivity index (χ3n) is 2.58. The lowest BCUT2D eigenvalue weighted by Crippen LogP contribution is -2.68. The Kier molecular flexibility index (Phi) is 5.07. The van der Waals surface area contributed by atoms with Gasteiger partial charge in [-0.3, -0.25) is 0 Å². The molecule has 8 heteroatoms. The number of hydrogen-bond donors (Lipinski definition) is 0. The van der Waals surface area contributed by atoms with Crippen molar-refractivity contribution in [2.45, 2.75) is 13.8 Å². The van der Waals surface area contributed by atoms with Crippen LogP contribution in [0.1, 0.15) is 11.5 Å². The van der Waals surface area contributed by atoms with E-state index in [0.717, 1.165) is 27.6 Å². The highest BCUT2D eigenvalue weighted by atomic mass is 35.7. The molecule has 0 radical (unpaired) electrons. The largest absolute Gasteiger partial charge is 0.327 e. The summed E-state index contributed by atoms with van der Waals surface area (Å²) in [6, 6.07) is 12.3. The average molecular weight is 342 g/mol. The van der Waals surface area contributed by atoms with E-state index in [1.165, 1.54) is 4.70 Å². The Bertz CT molecular complexity index is 725. The number of aromatic nitrogens is 1. The SMILES string of the molecule is Cc1cc(-c2nc3ccccc3s2)cc(C)[o+]1.[O-][Cl+3]([O-])([O-])[O-]. The van der Waals surface area contributed by atoms with E-state index in [1.54, 1.807) is 11.3 Å². The number of nitrogens with zero attached hydrogens (tertiary/aromatic N) is 1. The molecule has 0 aliphatic carbocycles. The number of rotatable bonds is 1. The number of fused-ring (bicyclic) bond motifs is 1. The molecular weight excluding hydrogens is 330 g/mol. The molecule has 0 saturated heterocycles. The van der Waals surface area contributed by atoms with E-state index in [9.17, 15) is 0 Å². The molecule has 3 rings (SSSR count). The van der Waals surface area contributed by atoms with Crippen molar-refractivity contribution < 1.29 is 33.3 Å². The quantitative estimate of drug-likeness (QED) is 0.561. The first-order valence-corrected chi connectivity index (χ1v) is 8.16. The summed E-state index contributed by atoms with van der Waals surface area (Å²) in [6.45, 7) is 3.92. The van der Waals surface area contributed by atoms with Crippen LogP contribution in [0.5, 0.6) is 0 Å². The van der Waals surface area contributed by atoms with Crippen molar-refractivity contribution in [1.29, 1.82) is 0 Å². The Balaban J connectivity index is 0.000000309. The second-order valence-corrected chi connectivity index (χ2v) is 6.22. The molecule has 0 aliphatic rings. The second-order valence-electron chi connectivity index (χ2n) is 4.43. The van der Waals surface area contributed by atoms with Gasteiger partial charge in [-0.25, -0.2) is 28.0 Å². The fourth-order valence-corrected chi connectivity index (χ4v) is 2.86. The van der Waals surface area contributed by atoms with Gasteiger partial charge in [-0.1, -0.05) is 12.1 Å². The van der Waals surface area contributed by atoms with Gasteiger partial charge < -0.3 is 0 Å². The van der Waals surface area contributed by atoms with Crippen molar-refractivity contribution in [1.82, 2.24) is 4.98 Å². The number of aryl methyl sites for hydroxylation is 2. The summed E-state index contributed by atoms with van der Waals surface area (Å²) in [5.41, 5.74) is 2.19. The smallest absolute Gasteiger partial charge is 0.236 e. The first-order valence-electron chi connectivity index (χ1n) is 6.11. The molecule has 3 aromatic rings. The van der Waals surface area contributed by atoms with Gasteiger partial charge in [-0.15, -0.1) is 21.6 Å². The predicted molar refractivity (Wildman–Crippen MR) is 71.2 cm³/mol. The van der Waals surface area contributed by atoms with Crippen molar-refractivity contribution in [2.24, 2.45) is 0 Å². The third-order valence-corrected chi connectivity index (χ3v) is 3.67. The summed E-state index contributed by atoms with van der Waals surface area (Å²) in [5, 5.41) is 1.05. The van der Waals surface area contributed by atoms with Crippen LogP contribution in [0.25, 0.3) is 20.8 Å². The van der Waals surface area contributed by atoms with E-state index >= 15 is 0 Å². The van der Waals surface area contributed by atoms with Gasteiger partial charge in [0.15, 0.2) is 0 Å². The normalized spacial score (nSPS) is 11.2. The third kappa shape index (κ3) is 4.99. The zero-order valence-corrected chi connectivity index (χ0v) is 13.3. The van der Waals surface area contributed by atoms with Crippen LogP contribution < -0.4 is 18.6 Å². The molecular formula is C14H12ClNO5S. The lowest BCUT2D eigenvalue weighted by Gasteiger charge is -2.17. The topological polar surface area (TPSA) is 116 Å². The van der Waals surface area contributed by atoms with E-state index in [-0.39, 0.29) is 0 Å². The fraction of sp³-hybridized carbons (Fsp3) is 0.143. The second kappa shape index (κ2) is 6.66. The zero-order chi connectivity index (χ0) is 16.3. The van der Waals surface area contributed by atoms with Crippen LogP contribution in [0.2, 0.25) is 0 Å². The number of thiazole rings is 1. The van der Waals surface area contributed by atoms with E-state index in [2.05, 4.69) is 11.1 Å². The Morgan fingerprint density at radius 2 is 1.55 bits per heavy atom. The molecule has 6 nitrogen and oxygen atoms in total. The average Bonchev–Trinajstić information content (AvgIpc) is 2.79.